The van der Waals surface area contributed by atoms with Gasteiger partial charge in [-0.2, -0.15) is 5.10 Å². The van der Waals surface area contributed by atoms with Crippen molar-refractivity contribution in [3.8, 4) is 5.69 Å². The molecule has 134 valence electrons. The predicted molar refractivity (Wildman–Crippen MR) is 97.7 cm³/mol. The molecule has 0 fully saturated rings. The summed E-state index contributed by atoms with van der Waals surface area (Å²) in [5, 5.41) is 9.94. The smallest absolute Gasteiger partial charge is 0.244 e. The van der Waals surface area contributed by atoms with E-state index in [-0.39, 0.29) is 30.3 Å². The van der Waals surface area contributed by atoms with E-state index in [1.54, 1.807) is 4.68 Å². The van der Waals surface area contributed by atoms with E-state index in [2.05, 4.69) is 36.5 Å². The van der Waals surface area contributed by atoms with Crippen LogP contribution in [0.15, 0.2) is 30.3 Å². The van der Waals surface area contributed by atoms with Gasteiger partial charge < -0.3 is 16.4 Å². The molecular weight excluding hydrogens is 318 g/mol. The van der Waals surface area contributed by atoms with Gasteiger partial charge in [-0.15, -0.1) is 0 Å². The van der Waals surface area contributed by atoms with E-state index in [0.717, 1.165) is 16.9 Å². The number of benzene rings is 1. The molecule has 0 saturated carbocycles. The quantitative estimate of drug-likeness (QED) is 0.765. The largest absolute Gasteiger partial charge is 0.346 e. The van der Waals surface area contributed by atoms with Crippen LogP contribution in [0.1, 0.15) is 32.0 Å². The number of nitrogens with one attached hydrogen (secondary N) is 2. The number of rotatable bonds is 5. The average molecular weight is 343 g/mol. The van der Waals surface area contributed by atoms with Gasteiger partial charge in [0.1, 0.15) is 5.82 Å². The summed E-state index contributed by atoms with van der Waals surface area (Å²) >= 11 is 0. The zero-order valence-corrected chi connectivity index (χ0v) is 15.1. The molecule has 0 aliphatic carbocycles. The second-order valence-electron chi connectivity index (χ2n) is 6.89. The first-order chi connectivity index (χ1) is 11.7. The molecule has 25 heavy (non-hydrogen) atoms. The van der Waals surface area contributed by atoms with Crippen molar-refractivity contribution < 1.29 is 9.59 Å². The monoisotopic (exact) mass is 343 g/mol. The van der Waals surface area contributed by atoms with Crippen molar-refractivity contribution in [1.82, 2.24) is 15.1 Å². The molecule has 0 aliphatic rings. The molecule has 0 atom stereocenters. The summed E-state index contributed by atoms with van der Waals surface area (Å²) in [6, 6.07) is 9.66. The summed E-state index contributed by atoms with van der Waals surface area (Å²) in [6.45, 7) is 7.88. The Bertz CT molecular complexity index is 774. The molecule has 7 heteroatoms. The number of nitrogens with zero attached hydrogens (tertiary/aromatic N) is 2. The summed E-state index contributed by atoms with van der Waals surface area (Å²) < 4.78 is 1.72. The van der Waals surface area contributed by atoms with Crippen LogP contribution in [-0.2, 0) is 15.0 Å². The third-order valence-electron chi connectivity index (χ3n) is 3.72. The van der Waals surface area contributed by atoms with Crippen LogP contribution in [-0.4, -0.2) is 34.7 Å². The van der Waals surface area contributed by atoms with Crippen molar-refractivity contribution in [1.29, 1.82) is 0 Å². The van der Waals surface area contributed by atoms with Gasteiger partial charge in [0.2, 0.25) is 11.8 Å². The average Bonchev–Trinajstić information content (AvgIpc) is 2.97. The number of amides is 2. The van der Waals surface area contributed by atoms with E-state index in [9.17, 15) is 9.59 Å². The topological polar surface area (TPSA) is 102 Å². The number of hydrogen-bond donors (Lipinski definition) is 3. The second-order valence-corrected chi connectivity index (χ2v) is 6.89. The minimum absolute atomic E-state index is 0.139. The maximum Gasteiger partial charge on any atom is 0.244 e. The van der Waals surface area contributed by atoms with Gasteiger partial charge >= 0.3 is 0 Å². The first kappa shape index (κ1) is 18.7. The first-order valence-electron chi connectivity index (χ1n) is 8.15. The zero-order valence-electron chi connectivity index (χ0n) is 15.1. The number of anilines is 1. The van der Waals surface area contributed by atoms with Gasteiger partial charge in [-0.25, -0.2) is 4.68 Å². The Balaban J connectivity index is 2.33. The van der Waals surface area contributed by atoms with Crippen molar-refractivity contribution in [2.45, 2.75) is 33.1 Å². The fraction of sp³-hybridized carbons (Fsp3) is 0.389. The Hall–Kier alpha value is -2.67. The van der Waals surface area contributed by atoms with Gasteiger partial charge in [-0.1, -0.05) is 39.0 Å². The molecule has 4 N–H and O–H groups in total. The van der Waals surface area contributed by atoms with E-state index in [1.807, 2.05) is 37.3 Å². The fourth-order valence-corrected chi connectivity index (χ4v) is 2.26. The number of carbonyl (C=O) groups is 2. The highest BCUT2D eigenvalue weighted by Gasteiger charge is 2.22. The Morgan fingerprint density at radius 3 is 2.48 bits per heavy atom. The molecule has 0 radical (unpaired) electrons. The number of hydrogen-bond acceptors (Lipinski definition) is 4. The van der Waals surface area contributed by atoms with Gasteiger partial charge in [-0.05, 0) is 18.6 Å². The molecular formula is C18H25N5O2. The lowest BCUT2D eigenvalue weighted by molar-refractivity contribution is -0.123. The lowest BCUT2D eigenvalue weighted by Crippen LogP contribution is -2.36. The Morgan fingerprint density at radius 1 is 1.20 bits per heavy atom. The maximum atomic E-state index is 12.2. The Kier molecular flexibility index (Phi) is 5.58. The van der Waals surface area contributed by atoms with E-state index in [0.29, 0.717) is 5.82 Å². The molecule has 1 heterocycles. The minimum Gasteiger partial charge on any atom is -0.346 e. The highest BCUT2D eigenvalue weighted by atomic mass is 16.2. The van der Waals surface area contributed by atoms with Crippen molar-refractivity contribution in [3.63, 3.8) is 0 Å². The maximum absolute atomic E-state index is 12.2. The lowest BCUT2D eigenvalue weighted by Gasteiger charge is -2.14. The fourth-order valence-electron chi connectivity index (χ4n) is 2.26. The minimum atomic E-state index is -0.377. The highest BCUT2D eigenvalue weighted by molar-refractivity contribution is 5.94. The van der Waals surface area contributed by atoms with Crippen LogP contribution >= 0.6 is 0 Å². The standard InChI is InChI=1S/C18H25N5O2/c1-12-7-5-6-8-13(12)23-15(9-14(22-23)18(2,3)4)21-17(25)11-20-16(24)10-19/h5-9H,10-11,19H2,1-4H3,(H,20,24)(H,21,25). The van der Waals surface area contributed by atoms with E-state index in [4.69, 9.17) is 5.73 Å². The number of carbonyl (C=O) groups excluding carboxylic acids is 2. The van der Waals surface area contributed by atoms with Gasteiger partial charge in [0.05, 0.1) is 24.5 Å². The van der Waals surface area contributed by atoms with Crippen LogP contribution in [0.4, 0.5) is 5.82 Å². The highest BCUT2D eigenvalue weighted by Crippen LogP contribution is 2.27. The molecule has 1 aromatic heterocycles. The van der Waals surface area contributed by atoms with Crippen molar-refractivity contribution in [3.05, 3.63) is 41.6 Å². The lowest BCUT2D eigenvalue weighted by atomic mass is 9.92. The predicted octanol–water partition coefficient (Wildman–Crippen LogP) is 1.49. The molecule has 2 aromatic rings. The third-order valence-corrected chi connectivity index (χ3v) is 3.72. The van der Waals surface area contributed by atoms with Crippen LogP contribution in [0, 0.1) is 6.92 Å². The molecule has 0 bridgehead atoms. The summed E-state index contributed by atoms with van der Waals surface area (Å²) in [5.74, 6) is -0.152. The Morgan fingerprint density at radius 2 is 1.88 bits per heavy atom. The van der Waals surface area contributed by atoms with E-state index >= 15 is 0 Å². The summed E-state index contributed by atoms with van der Waals surface area (Å²) in [4.78, 5) is 23.4. The number of para-hydroxylation sites is 1. The SMILES string of the molecule is Cc1ccccc1-n1nc(C(C)(C)C)cc1NC(=O)CNC(=O)CN. The Labute approximate surface area is 147 Å². The van der Waals surface area contributed by atoms with Crippen molar-refractivity contribution in [2.24, 2.45) is 5.73 Å². The van der Waals surface area contributed by atoms with Crippen molar-refractivity contribution in [2.75, 3.05) is 18.4 Å². The van der Waals surface area contributed by atoms with Crippen LogP contribution < -0.4 is 16.4 Å². The zero-order chi connectivity index (χ0) is 18.6. The molecule has 0 saturated heterocycles. The molecule has 2 rings (SSSR count). The van der Waals surface area contributed by atoms with Gasteiger partial charge in [0.15, 0.2) is 0 Å². The molecule has 1 aromatic carbocycles. The van der Waals surface area contributed by atoms with Gasteiger partial charge in [0.25, 0.3) is 0 Å². The summed E-state index contributed by atoms with van der Waals surface area (Å²) in [6.07, 6.45) is 0. The normalized spacial score (nSPS) is 11.2. The van der Waals surface area contributed by atoms with Crippen molar-refractivity contribution >= 4 is 17.6 Å². The number of aryl methyl sites for hydroxylation is 1. The van der Waals surface area contributed by atoms with E-state index < -0.39 is 0 Å². The molecule has 0 aliphatic heterocycles. The van der Waals surface area contributed by atoms with Gasteiger partial charge in [-0.3, -0.25) is 9.59 Å². The van der Waals surface area contributed by atoms with Crippen LogP contribution in [0.5, 0.6) is 0 Å². The number of nitrogens with two attached hydrogens (primary N) is 1. The van der Waals surface area contributed by atoms with Gasteiger partial charge in [0, 0.05) is 11.5 Å². The number of aromatic nitrogens is 2. The molecule has 7 nitrogen and oxygen atoms in total. The summed E-state index contributed by atoms with van der Waals surface area (Å²) in [7, 11) is 0. The first-order valence-corrected chi connectivity index (χ1v) is 8.15. The molecule has 2 amide bonds. The van der Waals surface area contributed by atoms with Crippen LogP contribution in [0.25, 0.3) is 5.69 Å². The third kappa shape index (κ3) is 4.67. The van der Waals surface area contributed by atoms with Crippen LogP contribution in [0.3, 0.4) is 0 Å². The van der Waals surface area contributed by atoms with Crippen LogP contribution in [0.2, 0.25) is 0 Å². The molecule has 0 spiro atoms. The second kappa shape index (κ2) is 7.48. The summed E-state index contributed by atoms with van der Waals surface area (Å²) in [5.41, 5.74) is 7.84. The molecule has 0 unspecified atom stereocenters. The van der Waals surface area contributed by atoms with E-state index in [1.165, 1.54) is 0 Å².